The van der Waals surface area contributed by atoms with E-state index in [9.17, 15) is 46.0 Å². The smallest absolute Gasteiger partial charge is 0.388 e. The van der Waals surface area contributed by atoms with Crippen LogP contribution in [0.15, 0.2) is 55.8 Å². The van der Waals surface area contributed by atoms with Gasteiger partial charge in [0.1, 0.15) is 16.4 Å². The molecule has 0 aliphatic heterocycles. The highest BCUT2D eigenvalue weighted by atomic mass is 79.9. The summed E-state index contributed by atoms with van der Waals surface area (Å²) in [5.74, 6) is 1.24. The predicted octanol–water partition coefficient (Wildman–Crippen LogP) is 13.3. The van der Waals surface area contributed by atoms with Crippen LogP contribution in [0.5, 0.6) is 17.6 Å². The van der Waals surface area contributed by atoms with Crippen LogP contribution in [-0.4, -0.2) is 63.4 Å². The minimum atomic E-state index is -2.97. The average Bonchev–Trinajstić information content (AvgIpc) is 4.18. The predicted molar refractivity (Wildman–Crippen MR) is 306 cm³/mol. The Morgan fingerprint density at radius 2 is 0.928 bits per heavy atom. The van der Waals surface area contributed by atoms with Crippen LogP contribution in [0.25, 0.3) is 0 Å². The van der Waals surface area contributed by atoms with Crippen LogP contribution in [0.2, 0.25) is 10.3 Å². The van der Waals surface area contributed by atoms with Gasteiger partial charge in [0.05, 0.1) is 34.1 Å². The standard InChI is InChI=1S/C19H21F2N5O2.C18H21ClF2N4O2.C10H12BrClN2O.C8H10F2N2O/c1-4-15(12-5-6-12)26-9-13(8-22)24-16(18(26)27)25-14-7-10(2)17(23-11(14)3)28-19(20)21;1-4-13(11-5-6-11)25-8-14(19)24-15(17(25)26)23-12-7-9(2)16(22-10(12)3)27-18(20)21;1-2-7(6-3-4-6)14-5-8(12)13-9(11)10(14)15;1-4-3-6(11)5(2)12-7(4)13-8(9)10/h7,9,12,15,19H,4-6H2,1-3H3,(H,24,25);7-8,11,13,18H,4-6H2,1-3H3,(H,23,24);5-7H,2-4H2,1H3;3,8H,11H2,1-2H3/t15-;13-;7-;/m111./s1. The third-order valence-electron chi connectivity index (χ3n) is 13.9. The fraction of sp³-hybridized carbons (Fsp3) is 0.491. The summed E-state index contributed by atoms with van der Waals surface area (Å²) in [7, 11) is 0. The minimum absolute atomic E-state index is 0.00461. The molecule has 6 heterocycles. The van der Waals surface area contributed by atoms with Gasteiger partial charge in [-0.2, -0.15) is 31.6 Å². The van der Waals surface area contributed by atoms with E-state index in [1.165, 1.54) is 19.0 Å². The maximum atomic E-state index is 13.0. The van der Waals surface area contributed by atoms with Gasteiger partial charge in [0, 0.05) is 53.4 Å². The van der Waals surface area contributed by atoms with E-state index in [1.54, 1.807) is 85.8 Å². The van der Waals surface area contributed by atoms with Crippen molar-refractivity contribution in [2.24, 2.45) is 17.8 Å². The molecule has 0 saturated heterocycles. The maximum absolute atomic E-state index is 13.0. The van der Waals surface area contributed by atoms with Crippen LogP contribution in [0.4, 0.5) is 55.0 Å². The Bertz CT molecular complexity index is 3490. The molecular weight excluding hydrogens is 1200 g/mol. The number of halogens is 9. The molecule has 448 valence electrons. The molecule has 3 saturated carbocycles. The van der Waals surface area contributed by atoms with E-state index < -0.39 is 19.8 Å². The van der Waals surface area contributed by atoms with Gasteiger partial charge in [-0.25, -0.2) is 29.9 Å². The van der Waals surface area contributed by atoms with Crippen molar-refractivity contribution in [2.75, 3.05) is 16.4 Å². The van der Waals surface area contributed by atoms with Gasteiger partial charge in [-0.15, -0.1) is 0 Å². The number of aromatic nitrogens is 9. The Kier molecular flexibility index (Phi) is 22.8. The summed E-state index contributed by atoms with van der Waals surface area (Å²) in [6.45, 7) is 7.01. The fourth-order valence-corrected chi connectivity index (χ4v) is 10.2. The van der Waals surface area contributed by atoms with E-state index in [-0.39, 0.29) is 74.9 Å². The van der Waals surface area contributed by atoms with Crippen LogP contribution < -0.4 is 47.3 Å². The normalized spacial score (nSPS) is 14.7. The SMILES string of the molecule is CC[C@H](C1CC1)n1cc(C#N)nc(Nc2cc(C)c(OC(F)F)nc2C)c1=O.CC[C@H](C1CC1)n1cc(Cl)nc(Br)c1=O.CC[C@H](C1CC1)n1cc(Cl)nc(Nc2cc(C)c(OC(F)F)nc2C)c1=O.Cc1cc(N)c(C)nc1OC(F)F. The number of hydrogen-bond acceptors (Lipinski definition) is 16. The minimum Gasteiger partial charge on any atom is -0.417 e. The van der Waals surface area contributed by atoms with Gasteiger partial charge in [0.15, 0.2) is 21.9 Å². The van der Waals surface area contributed by atoms with Crippen molar-refractivity contribution in [3.05, 3.63) is 122 Å². The second-order valence-electron chi connectivity index (χ2n) is 20.1. The van der Waals surface area contributed by atoms with Crippen molar-refractivity contribution >= 4 is 67.8 Å². The van der Waals surface area contributed by atoms with E-state index >= 15 is 0 Å². The monoisotopic (exact) mass is 1270 g/mol. The lowest BCUT2D eigenvalue weighted by molar-refractivity contribution is -0.0540. The second kappa shape index (κ2) is 29.0. The number of nitrogens with one attached hydrogen (secondary N) is 2. The molecular formula is C55H64BrCl2F6N13O6. The summed E-state index contributed by atoms with van der Waals surface area (Å²) in [4.78, 5) is 61.7. The number of pyridine rings is 3. The first-order valence-electron chi connectivity index (χ1n) is 26.6. The van der Waals surface area contributed by atoms with Crippen molar-refractivity contribution in [1.82, 2.24) is 43.6 Å². The van der Waals surface area contributed by atoms with Gasteiger partial charge in [0.25, 0.3) is 16.7 Å². The number of aryl methyl sites for hydroxylation is 6. The van der Waals surface area contributed by atoms with Crippen LogP contribution in [0.1, 0.15) is 136 Å². The van der Waals surface area contributed by atoms with Crippen LogP contribution >= 0.6 is 39.1 Å². The van der Waals surface area contributed by atoms with Gasteiger partial charge in [-0.3, -0.25) is 14.4 Å². The van der Waals surface area contributed by atoms with Gasteiger partial charge >= 0.3 is 19.8 Å². The Labute approximate surface area is 493 Å². The molecule has 0 spiro atoms. The highest BCUT2D eigenvalue weighted by Crippen LogP contribution is 2.43. The zero-order chi connectivity index (χ0) is 61.1. The van der Waals surface area contributed by atoms with Crippen molar-refractivity contribution in [1.29, 1.82) is 5.26 Å². The average molecular weight is 1270 g/mol. The fourth-order valence-electron chi connectivity index (χ4n) is 9.30. The van der Waals surface area contributed by atoms with Crippen LogP contribution in [0, 0.1) is 70.6 Å². The Balaban J connectivity index is 0.000000187. The number of nitrogens with zero attached hydrogens (tertiary/aromatic N) is 10. The zero-order valence-corrected chi connectivity index (χ0v) is 50.0. The lowest BCUT2D eigenvalue weighted by Crippen LogP contribution is -2.29. The molecule has 6 aromatic rings. The molecule has 0 aromatic carbocycles. The van der Waals surface area contributed by atoms with Crippen LogP contribution in [0.3, 0.4) is 0 Å². The molecule has 19 nitrogen and oxygen atoms in total. The first-order chi connectivity index (χ1) is 39.3. The number of nitriles is 1. The summed E-state index contributed by atoms with van der Waals surface area (Å²) in [5, 5.41) is 15.7. The van der Waals surface area contributed by atoms with E-state index in [2.05, 4.69) is 77.6 Å². The van der Waals surface area contributed by atoms with E-state index in [0.29, 0.717) is 78.3 Å². The summed E-state index contributed by atoms with van der Waals surface area (Å²) >= 11 is 15.1. The third-order valence-corrected chi connectivity index (χ3v) is 14.7. The highest BCUT2D eigenvalue weighted by molar-refractivity contribution is 9.10. The lowest BCUT2D eigenvalue weighted by Gasteiger charge is -2.19. The number of nitrogens with two attached hydrogens (primary N) is 1. The first kappa shape index (κ1) is 65.2. The summed E-state index contributed by atoms with van der Waals surface area (Å²) in [6.07, 6.45) is 14.0. The number of rotatable bonds is 19. The van der Waals surface area contributed by atoms with E-state index in [1.807, 2.05) is 19.9 Å². The Hall–Kier alpha value is -6.98. The molecule has 0 amide bonds. The molecule has 3 aliphatic rings. The van der Waals surface area contributed by atoms with Crippen molar-refractivity contribution in [3.63, 3.8) is 0 Å². The molecule has 0 bridgehead atoms. The number of ether oxygens (including phenoxy) is 3. The number of alkyl halides is 6. The largest absolute Gasteiger partial charge is 0.417 e. The molecule has 3 fully saturated rings. The second-order valence-corrected chi connectivity index (χ2v) is 21.6. The molecule has 3 atom stereocenters. The lowest BCUT2D eigenvalue weighted by atomic mass is 10.1. The molecule has 4 N–H and O–H groups in total. The quantitative estimate of drug-likeness (QED) is 0.0638. The van der Waals surface area contributed by atoms with Crippen LogP contribution in [-0.2, 0) is 0 Å². The van der Waals surface area contributed by atoms with Gasteiger partial charge in [-0.1, -0.05) is 44.0 Å². The van der Waals surface area contributed by atoms with Crippen molar-refractivity contribution < 1.29 is 40.6 Å². The van der Waals surface area contributed by atoms with Crippen molar-refractivity contribution in [3.8, 4) is 23.7 Å². The number of hydrogen-bond donors (Lipinski definition) is 3. The molecule has 0 radical (unpaired) electrons. The van der Waals surface area contributed by atoms with Crippen molar-refractivity contribution in [2.45, 2.75) is 158 Å². The molecule has 9 rings (SSSR count). The topological polar surface area (TPSA) is 245 Å². The summed E-state index contributed by atoms with van der Waals surface area (Å²) < 4.78 is 91.7. The van der Waals surface area contributed by atoms with Gasteiger partial charge < -0.3 is 44.3 Å². The highest BCUT2D eigenvalue weighted by Gasteiger charge is 2.35. The summed E-state index contributed by atoms with van der Waals surface area (Å²) in [6, 6.07) is 7.06. The van der Waals surface area contributed by atoms with E-state index in [0.717, 1.165) is 44.9 Å². The molecule has 83 heavy (non-hydrogen) atoms. The molecule has 28 heteroatoms. The van der Waals surface area contributed by atoms with E-state index in [4.69, 9.17) is 28.9 Å². The van der Waals surface area contributed by atoms with Gasteiger partial charge in [-0.05, 0) is 151 Å². The Morgan fingerprint density at radius 1 is 0.578 bits per heavy atom. The Morgan fingerprint density at radius 3 is 1.30 bits per heavy atom. The zero-order valence-electron chi connectivity index (χ0n) is 46.9. The summed E-state index contributed by atoms with van der Waals surface area (Å²) in [5.41, 5.74) is 8.89. The maximum Gasteiger partial charge on any atom is 0.388 e. The molecule has 6 aromatic heterocycles. The number of nitrogen functional groups attached to an aromatic ring is 1. The first-order valence-corrected chi connectivity index (χ1v) is 28.2. The number of anilines is 5. The molecule has 0 unspecified atom stereocenters. The van der Waals surface area contributed by atoms with Gasteiger partial charge in [0.2, 0.25) is 17.6 Å². The third kappa shape index (κ3) is 17.8. The molecule has 3 aliphatic carbocycles.